The predicted octanol–water partition coefficient (Wildman–Crippen LogP) is 4.76. The highest BCUT2D eigenvalue weighted by Crippen LogP contribution is 2.37. The van der Waals surface area contributed by atoms with Crippen molar-refractivity contribution >= 4 is 22.1 Å². The van der Waals surface area contributed by atoms with Crippen LogP contribution in [-0.2, 0) is 7.05 Å². The number of aryl methyl sites for hydroxylation is 1. The summed E-state index contributed by atoms with van der Waals surface area (Å²) in [5.41, 5.74) is 2.11. The number of aromatic nitrogens is 3. The molecule has 0 spiro atoms. The third-order valence-electron chi connectivity index (χ3n) is 3.97. The highest BCUT2D eigenvalue weighted by Gasteiger charge is 2.14. The van der Waals surface area contributed by atoms with E-state index in [4.69, 9.17) is 4.74 Å². The second kappa shape index (κ2) is 6.09. The van der Waals surface area contributed by atoms with E-state index < -0.39 is 0 Å². The average molecular weight is 335 g/mol. The second-order valence-electron chi connectivity index (χ2n) is 5.50. The molecule has 4 aromatic rings. The Morgan fingerprint density at radius 2 is 1.75 bits per heavy atom. The fourth-order valence-corrected chi connectivity index (χ4v) is 3.90. The molecular formula is C19H17N3OS. The van der Waals surface area contributed by atoms with Gasteiger partial charge in [0.15, 0.2) is 0 Å². The van der Waals surface area contributed by atoms with Gasteiger partial charge in [-0.25, -0.2) is 0 Å². The minimum atomic E-state index is 0.578. The van der Waals surface area contributed by atoms with Gasteiger partial charge in [0.05, 0.1) is 22.1 Å². The molecule has 24 heavy (non-hydrogen) atoms. The Balaban J connectivity index is 1.84. The maximum Gasteiger partial charge on any atom is 0.241 e. The van der Waals surface area contributed by atoms with E-state index in [9.17, 15) is 0 Å². The molecule has 0 unspecified atom stereocenters. The maximum absolute atomic E-state index is 5.62. The highest BCUT2D eigenvalue weighted by molar-refractivity contribution is 7.18. The molecular weight excluding hydrogens is 318 g/mol. The summed E-state index contributed by atoms with van der Waals surface area (Å²) in [5.74, 6) is 0.594. The third kappa shape index (κ3) is 2.47. The van der Waals surface area contributed by atoms with Crippen LogP contribution in [-0.4, -0.2) is 21.4 Å². The van der Waals surface area contributed by atoms with E-state index in [0.717, 1.165) is 21.3 Å². The first-order valence-electron chi connectivity index (χ1n) is 7.88. The molecule has 0 bridgehead atoms. The predicted molar refractivity (Wildman–Crippen MR) is 98.4 cm³/mol. The zero-order chi connectivity index (χ0) is 16.5. The van der Waals surface area contributed by atoms with E-state index in [1.54, 1.807) is 11.3 Å². The molecule has 0 fully saturated rings. The van der Waals surface area contributed by atoms with Crippen molar-refractivity contribution in [2.75, 3.05) is 6.61 Å². The molecule has 1 aromatic carbocycles. The Morgan fingerprint density at radius 1 is 0.958 bits per heavy atom. The zero-order valence-corrected chi connectivity index (χ0v) is 14.4. The summed E-state index contributed by atoms with van der Waals surface area (Å²) in [6.07, 6.45) is 2.06. The molecule has 0 saturated carbocycles. The Hall–Kier alpha value is -2.66. The van der Waals surface area contributed by atoms with E-state index >= 15 is 0 Å². The van der Waals surface area contributed by atoms with E-state index in [1.807, 2.05) is 25.1 Å². The smallest absolute Gasteiger partial charge is 0.241 e. The summed E-state index contributed by atoms with van der Waals surface area (Å²) in [6, 6.07) is 16.6. The van der Waals surface area contributed by atoms with Gasteiger partial charge in [0.2, 0.25) is 5.88 Å². The summed E-state index contributed by atoms with van der Waals surface area (Å²) >= 11 is 1.73. The number of benzene rings is 1. The molecule has 0 atom stereocenters. The van der Waals surface area contributed by atoms with E-state index in [2.05, 4.69) is 58.3 Å². The standard InChI is InChI=1S/C19H17N3OS/c1-3-23-19-14-8-5-4-7-13(14)18(20-21-19)17-11-10-16(24-17)15-9-6-12-22(15)2/h4-12H,3H2,1-2H3. The molecule has 0 saturated heterocycles. The van der Waals surface area contributed by atoms with Gasteiger partial charge in [0.1, 0.15) is 5.69 Å². The first-order chi connectivity index (χ1) is 11.8. The molecule has 0 aliphatic heterocycles. The van der Waals surface area contributed by atoms with Gasteiger partial charge in [-0.15, -0.1) is 21.5 Å². The lowest BCUT2D eigenvalue weighted by Crippen LogP contribution is -1.98. The first kappa shape index (κ1) is 14.9. The molecule has 0 radical (unpaired) electrons. The van der Waals surface area contributed by atoms with Crippen LogP contribution >= 0.6 is 11.3 Å². The fourth-order valence-electron chi connectivity index (χ4n) is 2.82. The van der Waals surface area contributed by atoms with Crippen molar-refractivity contribution < 1.29 is 4.74 Å². The molecule has 0 aliphatic rings. The quantitative estimate of drug-likeness (QED) is 0.540. The summed E-state index contributed by atoms with van der Waals surface area (Å²) in [4.78, 5) is 2.33. The molecule has 120 valence electrons. The van der Waals surface area contributed by atoms with Crippen molar-refractivity contribution in [3.8, 4) is 27.0 Å². The van der Waals surface area contributed by atoms with Crippen molar-refractivity contribution in [1.82, 2.24) is 14.8 Å². The molecule has 3 heterocycles. The number of fused-ring (bicyclic) bond motifs is 1. The van der Waals surface area contributed by atoms with Crippen molar-refractivity contribution in [3.05, 3.63) is 54.7 Å². The number of ether oxygens (including phenoxy) is 1. The Kier molecular flexibility index (Phi) is 3.78. The third-order valence-corrected chi connectivity index (χ3v) is 5.08. The van der Waals surface area contributed by atoms with Crippen LogP contribution in [0.15, 0.2) is 54.7 Å². The van der Waals surface area contributed by atoms with Gasteiger partial charge in [0.25, 0.3) is 0 Å². The summed E-state index contributed by atoms with van der Waals surface area (Å²) in [7, 11) is 2.06. The number of thiophene rings is 1. The topological polar surface area (TPSA) is 39.9 Å². The number of nitrogens with zero attached hydrogens (tertiary/aromatic N) is 3. The van der Waals surface area contributed by atoms with Crippen LogP contribution in [0.3, 0.4) is 0 Å². The van der Waals surface area contributed by atoms with Crippen LogP contribution in [0.25, 0.3) is 31.9 Å². The summed E-state index contributed by atoms with van der Waals surface area (Å²) < 4.78 is 7.74. The van der Waals surface area contributed by atoms with Gasteiger partial charge in [-0.3, -0.25) is 0 Å². The van der Waals surface area contributed by atoms with Gasteiger partial charge in [-0.2, -0.15) is 0 Å². The lowest BCUT2D eigenvalue weighted by molar-refractivity contribution is 0.327. The van der Waals surface area contributed by atoms with Gasteiger partial charge in [0, 0.05) is 24.0 Å². The number of hydrogen-bond acceptors (Lipinski definition) is 4. The minimum absolute atomic E-state index is 0.578. The Bertz CT molecular complexity index is 1000. The lowest BCUT2D eigenvalue weighted by Gasteiger charge is -2.08. The Labute approximate surface area is 144 Å². The molecule has 0 N–H and O–H groups in total. The van der Waals surface area contributed by atoms with E-state index in [1.165, 1.54) is 10.6 Å². The van der Waals surface area contributed by atoms with Crippen LogP contribution < -0.4 is 4.74 Å². The largest absolute Gasteiger partial charge is 0.476 e. The summed E-state index contributed by atoms with van der Waals surface area (Å²) in [5, 5.41) is 10.8. The Morgan fingerprint density at radius 3 is 2.50 bits per heavy atom. The van der Waals surface area contributed by atoms with Crippen LogP contribution in [0.2, 0.25) is 0 Å². The van der Waals surface area contributed by atoms with Gasteiger partial charge >= 0.3 is 0 Å². The minimum Gasteiger partial charge on any atom is -0.476 e. The van der Waals surface area contributed by atoms with Crippen molar-refractivity contribution in [2.45, 2.75) is 6.92 Å². The van der Waals surface area contributed by atoms with Crippen LogP contribution in [0, 0.1) is 0 Å². The fraction of sp³-hybridized carbons (Fsp3) is 0.158. The van der Waals surface area contributed by atoms with E-state index in [-0.39, 0.29) is 0 Å². The molecule has 5 heteroatoms. The lowest BCUT2D eigenvalue weighted by atomic mass is 10.1. The van der Waals surface area contributed by atoms with Crippen molar-refractivity contribution in [3.63, 3.8) is 0 Å². The van der Waals surface area contributed by atoms with Gasteiger partial charge in [-0.05, 0) is 37.3 Å². The van der Waals surface area contributed by atoms with E-state index in [0.29, 0.717) is 12.5 Å². The number of hydrogen-bond donors (Lipinski definition) is 0. The zero-order valence-electron chi connectivity index (χ0n) is 13.6. The molecule has 4 rings (SSSR count). The molecule has 0 aliphatic carbocycles. The normalized spacial score (nSPS) is 11.1. The monoisotopic (exact) mass is 335 g/mol. The molecule has 4 nitrogen and oxygen atoms in total. The van der Waals surface area contributed by atoms with Crippen molar-refractivity contribution in [1.29, 1.82) is 0 Å². The van der Waals surface area contributed by atoms with Gasteiger partial charge in [-0.1, -0.05) is 18.2 Å². The number of rotatable bonds is 4. The van der Waals surface area contributed by atoms with Crippen LogP contribution in [0.4, 0.5) is 0 Å². The molecule has 3 aromatic heterocycles. The second-order valence-corrected chi connectivity index (χ2v) is 6.58. The van der Waals surface area contributed by atoms with Crippen molar-refractivity contribution in [2.24, 2.45) is 7.05 Å². The maximum atomic E-state index is 5.62. The van der Waals surface area contributed by atoms with Gasteiger partial charge < -0.3 is 9.30 Å². The average Bonchev–Trinajstić information content (AvgIpc) is 3.24. The van der Waals surface area contributed by atoms with Crippen LogP contribution in [0.1, 0.15) is 6.92 Å². The highest BCUT2D eigenvalue weighted by atomic mass is 32.1. The first-order valence-corrected chi connectivity index (χ1v) is 8.69. The summed E-state index contributed by atoms with van der Waals surface area (Å²) in [6.45, 7) is 2.53. The SMILES string of the molecule is CCOc1nnc(-c2ccc(-c3cccn3C)s2)c2ccccc12. The molecule has 0 amide bonds. The van der Waals surface area contributed by atoms with Crippen LogP contribution in [0.5, 0.6) is 5.88 Å².